The van der Waals surface area contributed by atoms with E-state index in [9.17, 15) is 0 Å². The van der Waals surface area contributed by atoms with Crippen molar-refractivity contribution in [3.05, 3.63) is 30.3 Å². The van der Waals surface area contributed by atoms with Crippen LogP contribution in [0.1, 0.15) is 0 Å². The molecule has 0 aliphatic heterocycles. The molecule has 0 amide bonds. The van der Waals surface area contributed by atoms with Gasteiger partial charge in [-0.05, 0) is 23.9 Å². The van der Waals surface area contributed by atoms with Gasteiger partial charge in [-0.25, -0.2) is 0 Å². The summed E-state index contributed by atoms with van der Waals surface area (Å²) in [6.45, 7) is -3.46. The largest absolute Gasteiger partial charge is 0.346 e. The van der Waals surface area contributed by atoms with Crippen molar-refractivity contribution in [3.63, 3.8) is 0 Å². The lowest BCUT2D eigenvalue weighted by molar-refractivity contribution is 0.481. The molecule has 0 heterocycles. The maximum Gasteiger partial charge on any atom is 0.305 e. The SMILES string of the molecule is OP(O)(=S)N=CNc1ccccc1. The molecule has 0 aliphatic rings. The van der Waals surface area contributed by atoms with E-state index >= 15 is 0 Å². The molecule has 6 heteroatoms. The van der Waals surface area contributed by atoms with Crippen LogP contribution in [-0.2, 0) is 11.8 Å². The van der Waals surface area contributed by atoms with E-state index in [1.54, 1.807) is 0 Å². The number of nitrogens with one attached hydrogen (secondary N) is 1. The molecule has 70 valence electrons. The lowest BCUT2D eigenvalue weighted by Gasteiger charge is -2.00. The summed E-state index contributed by atoms with van der Waals surface area (Å²) in [6.07, 6.45) is 1.19. The molecule has 0 aliphatic carbocycles. The van der Waals surface area contributed by atoms with Gasteiger partial charge in [0.25, 0.3) is 0 Å². The molecule has 0 atom stereocenters. The van der Waals surface area contributed by atoms with E-state index < -0.39 is 6.64 Å². The Hall–Kier alpha value is -0.740. The molecule has 0 spiro atoms. The Bertz CT molecular complexity index is 336. The summed E-state index contributed by atoms with van der Waals surface area (Å²) < 4.78 is 3.35. The third-order valence-electron chi connectivity index (χ3n) is 1.21. The summed E-state index contributed by atoms with van der Waals surface area (Å²) in [7, 11) is 0. The number of nitrogens with zero attached hydrogens (tertiary/aromatic N) is 1. The lowest BCUT2D eigenvalue weighted by Crippen LogP contribution is -1.93. The predicted molar refractivity (Wildman–Crippen MR) is 57.3 cm³/mol. The van der Waals surface area contributed by atoms with Crippen LogP contribution in [0.3, 0.4) is 0 Å². The van der Waals surface area contributed by atoms with Crippen molar-refractivity contribution in [2.24, 2.45) is 4.76 Å². The van der Waals surface area contributed by atoms with E-state index in [1.807, 2.05) is 30.3 Å². The molecule has 0 bridgehead atoms. The van der Waals surface area contributed by atoms with Gasteiger partial charge in [0.2, 0.25) is 0 Å². The van der Waals surface area contributed by atoms with Crippen molar-refractivity contribution in [2.75, 3.05) is 5.32 Å². The van der Waals surface area contributed by atoms with Gasteiger partial charge < -0.3 is 15.1 Å². The summed E-state index contributed by atoms with van der Waals surface area (Å²) in [5, 5.41) is 2.75. The summed E-state index contributed by atoms with van der Waals surface area (Å²) >= 11 is 4.28. The van der Waals surface area contributed by atoms with Crippen LogP contribution in [0.15, 0.2) is 35.1 Å². The van der Waals surface area contributed by atoms with Crippen molar-refractivity contribution < 1.29 is 9.79 Å². The Kier molecular flexibility index (Phi) is 3.57. The highest BCUT2D eigenvalue weighted by atomic mass is 32.5. The van der Waals surface area contributed by atoms with Crippen LogP contribution in [0.4, 0.5) is 5.69 Å². The van der Waals surface area contributed by atoms with Crippen LogP contribution in [-0.4, -0.2) is 16.1 Å². The van der Waals surface area contributed by atoms with Gasteiger partial charge in [0.1, 0.15) is 0 Å². The van der Waals surface area contributed by atoms with Gasteiger partial charge in [-0.2, -0.15) is 4.76 Å². The third kappa shape index (κ3) is 4.75. The topological polar surface area (TPSA) is 64.8 Å². The predicted octanol–water partition coefficient (Wildman–Crippen LogP) is 1.34. The first-order valence-electron chi connectivity index (χ1n) is 3.49. The summed E-state index contributed by atoms with van der Waals surface area (Å²) in [5.41, 5.74) is 0.815. The molecule has 4 nitrogen and oxygen atoms in total. The molecule has 0 fully saturated rings. The number of benzene rings is 1. The fourth-order valence-electron chi connectivity index (χ4n) is 0.713. The van der Waals surface area contributed by atoms with Gasteiger partial charge >= 0.3 is 6.64 Å². The molecule has 3 N–H and O–H groups in total. The average molecular weight is 216 g/mol. The minimum absolute atomic E-state index is 0.815. The summed E-state index contributed by atoms with van der Waals surface area (Å²) in [5.74, 6) is 0. The molecule has 0 radical (unpaired) electrons. The zero-order valence-corrected chi connectivity index (χ0v) is 8.37. The Morgan fingerprint density at radius 3 is 2.46 bits per heavy atom. The molecular formula is C7H9N2O2PS. The second-order valence-electron chi connectivity index (χ2n) is 2.27. The fourth-order valence-corrected chi connectivity index (χ4v) is 1.06. The molecule has 1 aromatic rings. The summed E-state index contributed by atoms with van der Waals surface area (Å²) in [4.78, 5) is 17.5. The zero-order chi connectivity index (χ0) is 9.73. The van der Waals surface area contributed by atoms with Gasteiger partial charge in [-0.3, -0.25) is 0 Å². The fraction of sp³-hybridized carbons (Fsp3) is 0. The van der Waals surface area contributed by atoms with Gasteiger partial charge in [0, 0.05) is 5.69 Å². The van der Waals surface area contributed by atoms with Crippen molar-refractivity contribution in [2.45, 2.75) is 0 Å². The molecular weight excluding hydrogens is 207 g/mol. The smallest absolute Gasteiger partial charge is 0.305 e. The van der Waals surface area contributed by atoms with Gasteiger partial charge in [-0.15, -0.1) is 0 Å². The Morgan fingerprint density at radius 2 is 1.92 bits per heavy atom. The van der Waals surface area contributed by atoms with E-state index in [2.05, 4.69) is 21.9 Å². The minimum Gasteiger partial charge on any atom is -0.346 e. The van der Waals surface area contributed by atoms with Crippen LogP contribution >= 0.6 is 6.64 Å². The van der Waals surface area contributed by atoms with Crippen LogP contribution in [0, 0.1) is 0 Å². The van der Waals surface area contributed by atoms with Gasteiger partial charge in [0.15, 0.2) is 0 Å². The maximum absolute atomic E-state index is 8.74. The zero-order valence-electron chi connectivity index (χ0n) is 6.66. The standard InChI is InChI=1S/C7H9N2O2PS/c10-12(11,13)9-6-8-7-4-2-1-3-5-7/h1-6H,(H3,8,9,10,11,13). The second kappa shape index (κ2) is 4.48. The average Bonchev–Trinajstić information content (AvgIpc) is 2.04. The van der Waals surface area contributed by atoms with Crippen LogP contribution < -0.4 is 5.32 Å². The number of hydrogen-bond donors (Lipinski definition) is 3. The highest BCUT2D eigenvalue weighted by Crippen LogP contribution is 2.35. The van der Waals surface area contributed by atoms with Gasteiger partial charge in [-0.1, -0.05) is 18.2 Å². The molecule has 13 heavy (non-hydrogen) atoms. The van der Waals surface area contributed by atoms with E-state index in [4.69, 9.17) is 9.79 Å². The normalized spacial score (nSPS) is 11.8. The highest BCUT2D eigenvalue weighted by molar-refractivity contribution is 8.08. The van der Waals surface area contributed by atoms with Crippen molar-refractivity contribution in [1.82, 2.24) is 0 Å². The second-order valence-corrected chi connectivity index (χ2v) is 5.00. The Labute approximate surface area is 81.2 Å². The number of para-hydroxylation sites is 1. The maximum atomic E-state index is 8.74. The first kappa shape index (κ1) is 10.3. The minimum atomic E-state index is -3.46. The molecule has 0 aromatic heterocycles. The molecule has 0 saturated heterocycles. The van der Waals surface area contributed by atoms with Gasteiger partial charge in [0.05, 0.1) is 6.34 Å². The quantitative estimate of drug-likeness (QED) is 0.405. The first-order valence-corrected chi connectivity index (χ1v) is 6.15. The molecule has 1 aromatic carbocycles. The number of rotatable bonds is 3. The highest BCUT2D eigenvalue weighted by Gasteiger charge is 1.99. The summed E-state index contributed by atoms with van der Waals surface area (Å²) in [6, 6.07) is 9.23. The first-order chi connectivity index (χ1) is 6.08. The Morgan fingerprint density at radius 1 is 1.31 bits per heavy atom. The van der Waals surface area contributed by atoms with E-state index in [-0.39, 0.29) is 0 Å². The monoisotopic (exact) mass is 216 g/mol. The van der Waals surface area contributed by atoms with E-state index in [0.717, 1.165) is 5.69 Å². The molecule has 1 rings (SSSR count). The van der Waals surface area contributed by atoms with E-state index in [0.29, 0.717) is 0 Å². The van der Waals surface area contributed by atoms with Crippen molar-refractivity contribution >= 4 is 30.5 Å². The lowest BCUT2D eigenvalue weighted by atomic mass is 10.3. The van der Waals surface area contributed by atoms with E-state index in [1.165, 1.54) is 6.34 Å². The Balaban J connectivity index is 2.54. The van der Waals surface area contributed by atoms with Crippen LogP contribution in [0.5, 0.6) is 0 Å². The van der Waals surface area contributed by atoms with Crippen LogP contribution in [0.25, 0.3) is 0 Å². The van der Waals surface area contributed by atoms with Crippen molar-refractivity contribution in [1.29, 1.82) is 0 Å². The number of anilines is 1. The number of hydrogen-bond acceptors (Lipinski definition) is 1. The van der Waals surface area contributed by atoms with Crippen LogP contribution in [0.2, 0.25) is 0 Å². The molecule has 0 unspecified atom stereocenters. The van der Waals surface area contributed by atoms with Crippen molar-refractivity contribution in [3.8, 4) is 0 Å². The third-order valence-corrected chi connectivity index (χ3v) is 1.91. The molecule has 0 saturated carbocycles.